The van der Waals surface area contributed by atoms with Crippen LogP contribution in [0.2, 0.25) is 0 Å². The van der Waals surface area contributed by atoms with Gasteiger partial charge < -0.3 is 14.6 Å². The van der Waals surface area contributed by atoms with Crippen LogP contribution in [0.15, 0.2) is 30.3 Å². The fourth-order valence-electron chi connectivity index (χ4n) is 3.04. The van der Waals surface area contributed by atoms with Gasteiger partial charge >= 0.3 is 0 Å². The molecule has 2 N–H and O–H groups in total. The maximum absolute atomic E-state index is 5.20. The Morgan fingerprint density at radius 1 is 1.13 bits per heavy atom. The molecule has 23 heavy (non-hydrogen) atoms. The van der Waals surface area contributed by atoms with Crippen LogP contribution in [0.3, 0.4) is 0 Å². The molecule has 0 atom stereocenters. The Morgan fingerprint density at radius 2 is 1.83 bits per heavy atom. The number of ether oxygens (including phenoxy) is 1. The van der Waals surface area contributed by atoms with E-state index in [4.69, 9.17) is 4.74 Å². The average Bonchev–Trinajstić information content (AvgIpc) is 2.79. The average molecular weight is 315 g/mol. The van der Waals surface area contributed by atoms with Gasteiger partial charge in [0.1, 0.15) is 12.3 Å². The van der Waals surface area contributed by atoms with E-state index in [0.29, 0.717) is 5.92 Å². The van der Waals surface area contributed by atoms with Gasteiger partial charge in [-0.2, -0.15) is 0 Å². The summed E-state index contributed by atoms with van der Waals surface area (Å²) in [7, 11) is 1.71. The van der Waals surface area contributed by atoms with Gasteiger partial charge in [-0.1, -0.05) is 26.0 Å². The van der Waals surface area contributed by atoms with Crippen molar-refractivity contribution < 1.29 is 10.1 Å². The van der Waals surface area contributed by atoms with Gasteiger partial charge in [-0.15, -0.1) is 0 Å². The van der Waals surface area contributed by atoms with Gasteiger partial charge in [-0.25, -0.2) is 0 Å². The van der Waals surface area contributed by atoms with Gasteiger partial charge in [0.05, 0.1) is 13.7 Å². The molecular formula is C20H31N2O+. The summed E-state index contributed by atoms with van der Waals surface area (Å²) in [5, 5.41) is 2.41. The summed E-state index contributed by atoms with van der Waals surface area (Å²) >= 11 is 0. The van der Waals surface area contributed by atoms with Gasteiger partial charge in [-0.05, 0) is 43.5 Å². The van der Waals surface area contributed by atoms with E-state index >= 15 is 0 Å². The van der Waals surface area contributed by atoms with Crippen LogP contribution in [0.5, 0.6) is 5.75 Å². The first-order valence-electron chi connectivity index (χ1n) is 8.61. The minimum absolute atomic E-state index is 0.687. The third-order valence-electron chi connectivity index (χ3n) is 4.39. The maximum Gasteiger partial charge on any atom is 0.118 e. The highest BCUT2D eigenvalue weighted by Gasteiger charge is 2.11. The Bertz CT molecular complexity index is 611. The maximum atomic E-state index is 5.20. The van der Waals surface area contributed by atoms with Crippen LogP contribution < -0.4 is 10.1 Å². The lowest BCUT2D eigenvalue weighted by Crippen LogP contribution is -2.83. The standard InChI is InChI=1S/C20H30N2O/c1-15(2)14-22-16(3)12-19(17(22)4)13-21-11-10-18-6-8-20(23-5)9-7-18/h6-9,12,15,21H,10-11,13-14H2,1-5H3/p+1. The van der Waals surface area contributed by atoms with E-state index < -0.39 is 0 Å². The van der Waals surface area contributed by atoms with E-state index in [1.807, 2.05) is 12.1 Å². The summed E-state index contributed by atoms with van der Waals surface area (Å²) < 4.78 is 7.65. The fraction of sp³-hybridized carbons (Fsp3) is 0.500. The molecule has 1 aromatic carbocycles. The van der Waals surface area contributed by atoms with Crippen molar-refractivity contribution >= 4 is 0 Å². The molecule has 0 unspecified atom stereocenters. The number of rotatable bonds is 8. The van der Waals surface area contributed by atoms with Crippen LogP contribution in [-0.4, -0.2) is 18.2 Å². The van der Waals surface area contributed by atoms with Crippen molar-refractivity contribution in [3.63, 3.8) is 0 Å². The first kappa shape index (κ1) is 17.6. The number of nitrogens with two attached hydrogens (primary N) is 1. The van der Waals surface area contributed by atoms with Crippen molar-refractivity contribution in [3.8, 4) is 5.75 Å². The largest absolute Gasteiger partial charge is 0.497 e. The predicted molar refractivity (Wildman–Crippen MR) is 95.9 cm³/mol. The van der Waals surface area contributed by atoms with E-state index in [9.17, 15) is 0 Å². The van der Waals surface area contributed by atoms with Crippen LogP contribution in [-0.2, 0) is 19.5 Å². The lowest BCUT2D eigenvalue weighted by atomic mass is 10.1. The summed E-state index contributed by atoms with van der Waals surface area (Å²) in [5.74, 6) is 1.61. The number of hydrogen-bond acceptors (Lipinski definition) is 1. The molecule has 126 valence electrons. The van der Waals surface area contributed by atoms with E-state index in [1.165, 1.54) is 22.5 Å². The highest BCUT2D eigenvalue weighted by atomic mass is 16.5. The quantitative estimate of drug-likeness (QED) is 0.746. The summed E-state index contributed by atoms with van der Waals surface area (Å²) in [5.41, 5.74) is 5.65. The van der Waals surface area contributed by atoms with E-state index in [-0.39, 0.29) is 0 Å². The first-order chi connectivity index (χ1) is 11.0. The molecule has 2 aromatic rings. The molecule has 0 aliphatic carbocycles. The molecule has 0 saturated heterocycles. The smallest absolute Gasteiger partial charge is 0.118 e. The topological polar surface area (TPSA) is 30.8 Å². The second kappa shape index (κ2) is 8.21. The monoisotopic (exact) mass is 315 g/mol. The molecule has 2 rings (SSSR count). The van der Waals surface area contributed by atoms with Crippen LogP contribution >= 0.6 is 0 Å². The zero-order valence-electron chi connectivity index (χ0n) is 15.2. The Hall–Kier alpha value is -1.74. The van der Waals surface area contributed by atoms with Gasteiger partial charge in [0.15, 0.2) is 0 Å². The lowest BCUT2D eigenvalue weighted by Gasteiger charge is -2.12. The van der Waals surface area contributed by atoms with E-state index in [2.05, 4.69) is 55.8 Å². The van der Waals surface area contributed by atoms with Crippen LogP contribution in [0.25, 0.3) is 0 Å². The van der Waals surface area contributed by atoms with Gasteiger partial charge in [0, 0.05) is 29.9 Å². The van der Waals surface area contributed by atoms with Crippen molar-refractivity contribution in [1.82, 2.24) is 4.57 Å². The predicted octanol–water partition coefficient (Wildman–Crippen LogP) is 3.08. The summed E-state index contributed by atoms with van der Waals surface area (Å²) in [6, 6.07) is 10.7. The van der Waals surface area contributed by atoms with Crippen LogP contribution in [0.4, 0.5) is 0 Å². The first-order valence-corrected chi connectivity index (χ1v) is 8.61. The molecule has 0 saturated carbocycles. The number of aromatic nitrogens is 1. The van der Waals surface area contributed by atoms with Crippen molar-refractivity contribution in [2.45, 2.75) is 47.2 Å². The third-order valence-corrected chi connectivity index (χ3v) is 4.39. The molecule has 1 heterocycles. The Morgan fingerprint density at radius 3 is 2.43 bits per heavy atom. The van der Waals surface area contributed by atoms with Crippen LogP contribution in [0.1, 0.15) is 36.4 Å². The van der Waals surface area contributed by atoms with Crippen molar-refractivity contribution in [2.24, 2.45) is 5.92 Å². The summed E-state index contributed by atoms with van der Waals surface area (Å²) in [6.07, 6.45) is 1.09. The number of aryl methyl sites for hydroxylation is 1. The van der Waals surface area contributed by atoms with Crippen molar-refractivity contribution in [3.05, 3.63) is 52.8 Å². The molecule has 0 spiro atoms. The summed E-state index contributed by atoms with van der Waals surface area (Å²) in [4.78, 5) is 0. The molecule has 0 radical (unpaired) electrons. The van der Waals surface area contributed by atoms with Crippen LogP contribution in [0, 0.1) is 19.8 Å². The zero-order chi connectivity index (χ0) is 16.8. The minimum Gasteiger partial charge on any atom is -0.497 e. The number of quaternary nitrogens is 1. The highest BCUT2D eigenvalue weighted by Crippen LogP contribution is 2.16. The van der Waals surface area contributed by atoms with E-state index in [1.54, 1.807) is 7.11 Å². The SMILES string of the molecule is COc1ccc(CC[NH2+]Cc2cc(C)n(CC(C)C)c2C)cc1. The van der Waals surface area contributed by atoms with Gasteiger partial charge in [0.2, 0.25) is 0 Å². The van der Waals surface area contributed by atoms with E-state index in [0.717, 1.165) is 31.8 Å². The third kappa shape index (κ3) is 4.87. The molecule has 1 aromatic heterocycles. The Balaban J connectivity index is 1.84. The number of nitrogens with zero attached hydrogens (tertiary/aromatic N) is 1. The molecule has 0 amide bonds. The molecule has 3 heteroatoms. The second-order valence-corrected chi connectivity index (χ2v) is 6.78. The molecule has 0 aliphatic heterocycles. The summed E-state index contributed by atoms with van der Waals surface area (Å²) in [6.45, 7) is 12.3. The number of hydrogen-bond donors (Lipinski definition) is 1. The molecule has 0 aliphatic rings. The Labute approximate surface area is 140 Å². The molecular weight excluding hydrogens is 284 g/mol. The molecule has 0 fully saturated rings. The van der Waals surface area contributed by atoms with Crippen molar-refractivity contribution in [2.75, 3.05) is 13.7 Å². The number of methoxy groups -OCH3 is 1. The highest BCUT2D eigenvalue weighted by molar-refractivity contribution is 5.27. The normalized spacial score (nSPS) is 11.2. The number of benzene rings is 1. The van der Waals surface area contributed by atoms with Gasteiger partial charge in [-0.3, -0.25) is 0 Å². The second-order valence-electron chi connectivity index (χ2n) is 6.78. The molecule has 0 bridgehead atoms. The lowest BCUT2D eigenvalue weighted by molar-refractivity contribution is -0.670. The van der Waals surface area contributed by atoms with Crippen molar-refractivity contribution in [1.29, 1.82) is 0 Å². The zero-order valence-corrected chi connectivity index (χ0v) is 15.2. The fourth-order valence-corrected chi connectivity index (χ4v) is 3.04. The Kier molecular flexibility index (Phi) is 6.28. The minimum atomic E-state index is 0.687. The molecule has 3 nitrogen and oxygen atoms in total. The van der Waals surface area contributed by atoms with Gasteiger partial charge in [0.25, 0.3) is 0 Å².